The van der Waals surface area contributed by atoms with Crippen molar-refractivity contribution in [2.75, 3.05) is 6.61 Å². The number of amides is 2. The number of halogens is 2. The van der Waals surface area contributed by atoms with Gasteiger partial charge in [0.25, 0.3) is 11.1 Å². The van der Waals surface area contributed by atoms with Crippen molar-refractivity contribution in [3.8, 4) is 11.5 Å². The Balaban J connectivity index is 1.55. The van der Waals surface area contributed by atoms with Crippen LogP contribution in [0, 0.1) is 0 Å². The first-order valence-corrected chi connectivity index (χ1v) is 12.6. The molecule has 1 aliphatic heterocycles. The zero-order chi connectivity index (χ0) is 24.1. The third-order valence-corrected chi connectivity index (χ3v) is 6.73. The summed E-state index contributed by atoms with van der Waals surface area (Å²) < 4.78 is 12.5. The molecule has 0 atom stereocenters. The average molecular weight is 559 g/mol. The predicted octanol–water partition coefficient (Wildman–Crippen LogP) is 7.32. The van der Waals surface area contributed by atoms with E-state index in [-0.39, 0.29) is 17.7 Å². The Kier molecular flexibility index (Phi) is 7.98. The van der Waals surface area contributed by atoms with E-state index in [0.717, 1.165) is 28.5 Å². The number of hydrogen-bond acceptors (Lipinski definition) is 5. The fraction of sp³-hybridized carbons (Fsp3) is 0.154. The molecular formula is C26H21BrClNO4S. The molecule has 3 aromatic rings. The summed E-state index contributed by atoms with van der Waals surface area (Å²) in [5, 5.41) is 0.294. The molecule has 1 saturated heterocycles. The van der Waals surface area contributed by atoms with Crippen LogP contribution in [0.25, 0.3) is 6.08 Å². The lowest BCUT2D eigenvalue weighted by atomic mass is 10.1. The second-order valence-corrected chi connectivity index (χ2v) is 9.72. The number of nitrogens with zero attached hydrogens (tertiary/aromatic N) is 1. The normalized spacial score (nSPS) is 14.7. The minimum absolute atomic E-state index is 0.194. The Hall–Kier alpha value is -2.74. The van der Waals surface area contributed by atoms with Crippen LogP contribution in [0.2, 0.25) is 5.02 Å². The zero-order valence-corrected chi connectivity index (χ0v) is 21.5. The van der Waals surface area contributed by atoms with Crippen LogP contribution >= 0.6 is 39.3 Å². The maximum atomic E-state index is 12.9. The van der Waals surface area contributed by atoms with E-state index in [4.69, 9.17) is 21.1 Å². The molecule has 2 amide bonds. The number of benzene rings is 3. The third kappa shape index (κ3) is 5.84. The second kappa shape index (κ2) is 11.1. The van der Waals surface area contributed by atoms with Gasteiger partial charge in [0.15, 0.2) is 11.5 Å². The maximum absolute atomic E-state index is 12.9. The number of carbonyl (C=O) groups is 2. The number of carbonyl (C=O) groups excluding carboxylic acids is 2. The quantitative estimate of drug-likeness (QED) is 0.271. The molecule has 174 valence electrons. The summed E-state index contributed by atoms with van der Waals surface area (Å²) in [4.78, 5) is 27.0. The van der Waals surface area contributed by atoms with Crippen molar-refractivity contribution in [2.45, 2.75) is 20.1 Å². The molecule has 0 saturated carbocycles. The SMILES string of the molecule is CCOc1cc(/C=C2\SC(=O)N(Cc3ccc(Cl)cc3)C2=O)cc(Br)c1OCc1ccccc1. The van der Waals surface area contributed by atoms with E-state index in [0.29, 0.717) is 39.1 Å². The second-order valence-electron chi connectivity index (χ2n) is 7.43. The van der Waals surface area contributed by atoms with Gasteiger partial charge in [0.05, 0.1) is 22.5 Å². The minimum Gasteiger partial charge on any atom is -0.490 e. The molecule has 0 unspecified atom stereocenters. The van der Waals surface area contributed by atoms with E-state index in [9.17, 15) is 9.59 Å². The lowest BCUT2D eigenvalue weighted by molar-refractivity contribution is -0.123. The van der Waals surface area contributed by atoms with E-state index in [1.807, 2.05) is 49.4 Å². The van der Waals surface area contributed by atoms with Gasteiger partial charge in [-0.2, -0.15) is 0 Å². The molecule has 5 nitrogen and oxygen atoms in total. The number of thioether (sulfide) groups is 1. The van der Waals surface area contributed by atoms with Crippen molar-refractivity contribution in [3.05, 3.63) is 97.8 Å². The first-order valence-electron chi connectivity index (χ1n) is 10.6. The molecule has 34 heavy (non-hydrogen) atoms. The van der Waals surface area contributed by atoms with E-state index < -0.39 is 0 Å². The first-order chi connectivity index (χ1) is 16.4. The zero-order valence-electron chi connectivity index (χ0n) is 18.3. The van der Waals surface area contributed by atoms with Crippen molar-refractivity contribution in [3.63, 3.8) is 0 Å². The molecule has 0 spiro atoms. The van der Waals surface area contributed by atoms with Crippen LogP contribution in [0.5, 0.6) is 11.5 Å². The molecule has 1 fully saturated rings. The molecule has 3 aromatic carbocycles. The summed E-state index contributed by atoms with van der Waals surface area (Å²) in [6.45, 7) is 2.93. The monoisotopic (exact) mass is 557 g/mol. The van der Waals surface area contributed by atoms with Crippen LogP contribution in [0.1, 0.15) is 23.6 Å². The van der Waals surface area contributed by atoms with E-state index >= 15 is 0 Å². The highest BCUT2D eigenvalue weighted by molar-refractivity contribution is 9.10. The van der Waals surface area contributed by atoms with Gasteiger partial charge in [-0.1, -0.05) is 54.1 Å². The van der Waals surface area contributed by atoms with Gasteiger partial charge >= 0.3 is 0 Å². The molecular weight excluding hydrogens is 538 g/mol. The topological polar surface area (TPSA) is 55.8 Å². The lowest BCUT2D eigenvalue weighted by Gasteiger charge is -2.15. The fourth-order valence-corrected chi connectivity index (χ4v) is 4.90. The van der Waals surface area contributed by atoms with E-state index in [2.05, 4.69) is 15.9 Å². The average Bonchev–Trinajstić information content (AvgIpc) is 3.08. The predicted molar refractivity (Wildman–Crippen MR) is 139 cm³/mol. The van der Waals surface area contributed by atoms with Crippen LogP contribution < -0.4 is 9.47 Å². The highest BCUT2D eigenvalue weighted by Gasteiger charge is 2.35. The van der Waals surface area contributed by atoms with Crippen LogP contribution in [0.3, 0.4) is 0 Å². The molecule has 1 heterocycles. The lowest BCUT2D eigenvalue weighted by Crippen LogP contribution is -2.27. The number of imide groups is 1. The highest BCUT2D eigenvalue weighted by Crippen LogP contribution is 2.40. The van der Waals surface area contributed by atoms with Crippen LogP contribution in [0.15, 0.2) is 76.1 Å². The van der Waals surface area contributed by atoms with Crippen molar-refractivity contribution in [1.82, 2.24) is 4.90 Å². The Labute approximate surface area is 215 Å². The van der Waals surface area contributed by atoms with E-state index in [1.165, 1.54) is 4.90 Å². The van der Waals surface area contributed by atoms with Gasteiger partial charge in [0, 0.05) is 5.02 Å². The summed E-state index contributed by atoms with van der Waals surface area (Å²) in [7, 11) is 0. The van der Waals surface area contributed by atoms with E-state index in [1.54, 1.807) is 30.3 Å². The van der Waals surface area contributed by atoms with Crippen molar-refractivity contribution in [2.24, 2.45) is 0 Å². The standard InChI is InChI=1S/C26H21BrClNO4S/c1-2-32-22-13-19(12-21(27)24(22)33-16-18-6-4-3-5-7-18)14-23-25(30)29(26(31)34-23)15-17-8-10-20(28)11-9-17/h3-14H,2,15-16H2,1H3/b23-14-. The van der Waals surface area contributed by atoms with Crippen LogP contribution in [-0.4, -0.2) is 22.7 Å². The fourth-order valence-electron chi connectivity index (χ4n) is 3.36. The van der Waals surface area contributed by atoms with Gasteiger partial charge in [0.1, 0.15) is 6.61 Å². The highest BCUT2D eigenvalue weighted by atomic mass is 79.9. The van der Waals surface area contributed by atoms with Gasteiger partial charge in [-0.05, 0) is 81.6 Å². The largest absolute Gasteiger partial charge is 0.490 e. The minimum atomic E-state index is -0.330. The van der Waals surface area contributed by atoms with Gasteiger partial charge in [-0.15, -0.1) is 0 Å². The summed E-state index contributed by atoms with van der Waals surface area (Å²) in [6.07, 6.45) is 1.70. The number of ether oxygens (including phenoxy) is 2. The Bertz CT molecular complexity index is 1230. The van der Waals surface area contributed by atoms with Gasteiger partial charge < -0.3 is 9.47 Å². The first kappa shape index (κ1) is 24.4. The van der Waals surface area contributed by atoms with Crippen molar-refractivity contribution >= 4 is 56.5 Å². The molecule has 0 N–H and O–H groups in total. The van der Waals surface area contributed by atoms with Gasteiger partial charge in [-0.25, -0.2) is 0 Å². The molecule has 0 bridgehead atoms. The molecule has 0 aliphatic carbocycles. The molecule has 4 rings (SSSR count). The van der Waals surface area contributed by atoms with Gasteiger partial charge in [-0.3, -0.25) is 14.5 Å². The van der Waals surface area contributed by atoms with Gasteiger partial charge in [0.2, 0.25) is 0 Å². The smallest absolute Gasteiger partial charge is 0.293 e. The Morgan fingerprint density at radius 2 is 1.74 bits per heavy atom. The van der Waals surface area contributed by atoms with Crippen molar-refractivity contribution in [1.29, 1.82) is 0 Å². The van der Waals surface area contributed by atoms with Crippen molar-refractivity contribution < 1.29 is 19.1 Å². The molecule has 0 aromatic heterocycles. The Morgan fingerprint density at radius 1 is 1.00 bits per heavy atom. The summed E-state index contributed by atoms with van der Waals surface area (Å²) in [6, 6.07) is 20.6. The third-order valence-electron chi connectivity index (χ3n) is 4.98. The maximum Gasteiger partial charge on any atom is 0.293 e. The number of hydrogen-bond donors (Lipinski definition) is 0. The Morgan fingerprint density at radius 3 is 2.44 bits per heavy atom. The van der Waals surface area contributed by atoms with Crippen LogP contribution in [-0.2, 0) is 17.9 Å². The molecule has 1 aliphatic rings. The van der Waals surface area contributed by atoms with Crippen LogP contribution in [0.4, 0.5) is 4.79 Å². The molecule has 0 radical (unpaired) electrons. The number of rotatable bonds is 8. The summed E-state index contributed by atoms with van der Waals surface area (Å²) in [5.41, 5.74) is 2.59. The summed E-state index contributed by atoms with van der Waals surface area (Å²) >= 11 is 10.4. The molecule has 8 heteroatoms. The summed E-state index contributed by atoms with van der Waals surface area (Å²) in [5.74, 6) is 0.807.